The highest BCUT2D eigenvalue weighted by Gasteiger charge is 2.25. The summed E-state index contributed by atoms with van der Waals surface area (Å²) < 4.78 is 0. The van der Waals surface area contributed by atoms with Crippen LogP contribution in [0.2, 0.25) is 0 Å². The van der Waals surface area contributed by atoms with Crippen LogP contribution in [0.25, 0.3) is 0 Å². The van der Waals surface area contributed by atoms with E-state index in [1.807, 2.05) is 54.6 Å². The van der Waals surface area contributed by atoms with Crippen molar-refractivity contribution in [3.63, 3.8) is 0 Å². The van der Waals surface area contributed by atoms with E-state index in [0.29, 0.717) is 19.4 Å². The van der Waals surface area contributed by atoms with E-state index < -0.39 is 6.04 Å². The van der Waals surface area contributed by atoms with Crippen LogP contribution in [0.5, 0.6) is 0 Å². The molecule has 0 aliphatic carbocycles. The fraction of sp³-hybridized carbons (Fsp3) is 0.211. The lowest BCUT2D eigenvalue weighted by molar-refractivity contribution is -0.117. The van der Waals surface area contributed by atoms with E-state index in [4.69, 9.17) is 16.5 Å². The molecule has 2 aromatic rings. The fourth-order valence-electron chi connectivity index (χ4n) is 2.81. The summed E-state index contributed by atoms with van der Waals surface area (Å²) in [5, 5.41) is 2.98. The lowest BCUT2D eigenvalue weighted by atomic mass is 10.0. The predicted molar refractivity (Wildman–Crippen MR) is 101 cm³/mol. The van der Waals surface area contributed by atoms with E-state index in [2.05, 4.69) is 10.3 Å². The Kier molecular flexibility index (Phi) is 5.09. The number of rotatable bonds is 5. The molecule has 6 heteroatoms. The summed E-state index contributed by atoms with van der Waals surface area (Å²) in [6.07, 6.45) is 1.25. The first-order valence-electron chi connectivity index (χ1n) is 8.24. The molecular weight excluding hydrogens is 314 g/mol. The zero-order chi connectivity index (χ0) is 17.6. The van der Waals surface area contributed by atoms with Gasteiger partial charge in [0, 0.05) is 17.7 Å². The van der Waals surface area contributed by atoms with Gasteiger partial charge < -0.3 is 16.8 Å². The van der Waals surface area contributed by atoms with Crippen molar-refractivity contribution >= 4 is 23.3 Å². The number of nitrogens with one attached hydrogen (secondary N) is 1. The van der Waals surface area contributed by atoms with Crippen molar-refractivity contribution in [2.75, 3.05) is 11.9 Å². The number of guanidine groups is 1. The number of amides is 1. The van der Waals surface area contributed by atoms with Crippen molar-refractivity contribution in [3.8, 4) is 0 Å². The molecular formula is C19H21N5O. The number of carbonyl (C=O) groups excluding carboxylic acids is 1. The zero-order valence-corrected chi connectivity index (χ0v) is 13.9. The van der Waals surface area contributed by atoms with Gasteiger partial charge in [-0.2, -0.15) is 0 Å². The van der Waals surface area contributed by atoms with Gasteiger partial charge in [-0.15, -0.1) is 0 Å². The summed E-state index contributed by atoms with van der Waals surface area (Å²) in [5.74, 6) is -0.0470. The van der Waals surface area contributed by atoms with Crippen LogP contribution < -0.4 is 16.8 Å². The van der Waals surface area contributed by atoms with Crippen LogP contribution in [0.15, 0.2) is 64.6 Å². The second kappa shape index (κ2) is 7.61. The maximum atomic E-state index is 12.6. The van der Waals surface area contributed by atoms with Crippen molar-refractivity contribution < 1.29 is 4.79 Å². The zero-order valence-electron chi connectivity index (χ0n) is 13.9. The molecule has 1 atom stereocenters. The number of benzene rings is 2. The molecule has 3 rings (SSSR count). The minimum absolute atomic E-state index is 0.0613. The number of fused-ring (bicyclic) bond motifs is 1. The highest BCUT2D eigenvalue weighted by molar-refractivity contribution is 6.19. The van der Waals surface area contributed by atoms with E-state index in [9.17, 15) is 4.79 Å². The van der Waals surface area contributed by atoms with E-state index in [1.54, 1.807) is 0 Å². The van der Waals surface area contributed by atoms with Crippen molar-refractivity contribution in [1.29, 1.82) is 0 Å². The predicted octanol–water partition coefficient (Wildman–Crippen LogP) is 1.90. The summed E-state index contributed by atoms with van der Waals surface area (Å²) in [6, 6.07) is 17.1. The van der Waals surface area contributed by atoms with E-state index >= 15 is 0 Å². The number of benzodiazepines with no additional fused rings is 1. The number of anilines is 1. The number of hydrogen-bond acceptors (Lipinski definition) is 3. The van der Waals surface area contributed by atoms with Crippen molar-refractivity contribution in [3.05, 3.63) is 65.7 Å². The molecule has 128 valence electrons. The van der Waals surface area contributed by atoms with Crippen molar-refractivity contribution in [1.82, 2.24) is 0 Å². The summed E-state index contributed by atoms with van der Waals surface area (Å²) in [4.78, 5) is 21.3. The Hall–Kier alpha value is -3.15. The van der Waals surface area contributed by atoms with Gasteiger partial charge >= 0.3 is 0 Å². The van der Waals surface area contributed by atoms with Gasteiger partial charge in [0.25, 0.3) is 0 Å². The van der Waals surface area contributed by atoms with Gasteiger partial charge in [-0.3, -0.25) is 14.8 Å². The first-order valence-corrected chi connectivity index (χ1v) is 8.24. The van der Waals surface area contributed by atoms with Gasteiger partial charge in [0.05, 0.1) is 11.4 Å². The standard InChI is InChI=1S/C19H21N5O/c20-19(21)22-12-6-11-16-18(25)24-15-10-5-4-9-14(15)17(23-16)13-7-2-1-3-8-13/h1-5,7-10,16H,6,11-12H2,(H,24,25)(H4,20,21,22)/t16-/m0/s1. The number of nitrogens with two attached hydrogens (primary N) is 2. The first-order chi connectivity index (χ1) is 12.1. The van der Waals surface area contributed by atoms with Gasteiger partial charge in [0.1, 0.15) is 6.04 Å². The Bertz CT molecular complexity index is 810. The second-order valence-electron chi connectivity index (χ2n) is 5.84. The van der Waals surface area contributed by atoms with Crippen LogP contribution in [0, 0.1) is 0 Å². The highest BCUT2D eigenvalue weighted by atomic mass is 16.2. The smallest absolute Gasteiger partial charge is 0.249 e. The minimum atomic E-state index is -0.475. The maximum absolute atomic E-state index is 12.6. The average Bonchev–Trinajstić information content (AvgIpc) is 2.76. The Morgan fingerprint density at radius 3 is 2.56 bits per heavy atom. The van der Waals surface area contributed by atoms with E-state index in [0.717, 1.165) is 22.5 Å². The molecule has 0 fully saturated rings. The van der Waals surface area contributed by atoms with Crippen LogP contribution in [-0.4, -0.2) is 30.2 Å². The second-order valence-corrected chi connectivity index (χ2v) is 5.84. The quantitative estimate of drug-likeness (QED) is 0.441. The third-order valence-corrected chi connectivity index (χ3v) is 4.00. The van der Waals surface area contributed by atoms with Crippen molar-refractivity contribution in [2.45, 2.75) is 18.9 Å². The molecule has 2 aromatic carbocycles. The van der Waals surface area contributed by atoms with Gasteiger partial charge in [-0.1, -0.05) is 48.5 Å². The molecule has 1 aliphatic heterocycles. The van der Waals surface area contributed by atoms with Crippen LogP contribution >= 0.6 is 0 Å². The Morgan fingerprint density at radius 1 is 1.08 bits per heavy atom. The number of para-hydroxylation sites is 1. The van der Waals surface area contributed by atoms with Crippen LogP contribution in [-0.2, 0) is 4.79 Å². The van der Waals surface area contributed by atoms with Gasteiger partial charge in [0.15, 0.2) is 5.96 Å². The van der Waals surface area contributed by atoms with Gasteiger partial charge in [0.2, 0.25) is 5.91 Å². The molecule has 5 N–H and O–H groups in total. The van der Waals surface area contributed by atoms with Crippen molar-refractivity contribution in [2.24, 2.45) is 21.5 Å². The number of carbonyl (C=O) groups is 1. The maximum Gasteiger partial charge on any atom is 0.249 e. The average molecular weight is 335 g/mol. The third kappa shape index (κ3) is 4.03. The number of aliphatic imine (C=N–C) groups is 2. The lowest BCUT2D eigenvalue weighted by Crippen LogP contribution is -2.26. The van der Waals surface area contributed by atoms with E-state index in [1.165, 1.54) is 0 Å². The molecule has 1 aliphatic rings. The molecule has 0 bridgehead atoms. The molecule has 0 radical (unpaired) electrons. The Morgan fingerprint density at radius 2 is 1.80 bits per heavy atom. The van der Waals surface area contributed by atoms with Gasteiger partial charge in [-0.05, 0) is 18.9 Å². The lowest BCUT2D eigenvalue weighted by Gasteiger charge is -2.10. The highest BCUT2D eigenvalue weighted by Crippen LogP contribution is 2.25. The third-order valence-electron chi connectivity index (χ3n) is 4.00. The largest absolute Gasteiger partial charge is 0.370 e. The van der Waals surface area contributed by atoms with E-state index in [-0.39, 0.29) is 11.9 Å². The fourth-order valence-corrected chi connectivity index (χ4v) is 2.81. The molecule has 0 aromatic heterocycles. The summed E-state index contributed by atoms with van der Waals surface area (Å²) in [7, 11) is 0. The topological polar surface area (TPSA) is 106 Å². The molecule has 0 unspecified atom stereocenters. The molecule has 1 amide bonds. The first kappa shape index (κ1) is 16.7. The van der Waals surface area contributed by atoms with Crippen LogP contribution in [0.1, 0.15) is 24.0 Å². The Labute approximate surface area is 146 Å². The summed E-state index contributed by atoms with van der Waals surface area (Å²) >= 11 is 0. The molecule has 1 heterocycles. The molecule has 6 nitrogen and oxygen atoms in total. The minimum Gasteiger partial charge on any atom is -0.370 e. The number of hydrogen-bond donors (Lipinski definition) is 3. The molecule has 0 saturated heterocycles. The molecule has 25 heavy (non-hydrogen) atoms. The number of nitrogens with zero attached hydrogens (tertiary/aromatic N) is 2. The molecule has 0 spiro atoms. The van der Waals surface area contributed by atoms with Crippen LogP contribution in [0.4, 0.5) is 5.69 Å². The Balaban J connectivity index is 1.93. The van der Waals surface area contributed by atoms with Gasteiger partial charge in [-0.25, -0.2) is 0 Å². The van der Waals surface area contributed by atoms with Crippen LogP contribution in [0.3, 0.4) is 0 Å². The summed E-state index contributed by atoms with van der Waals surface area (Å²) in [6.45, 7) is 0.481. The summed E-state index contributed by atoms with van der Waals surface area (Å²) in [5.41, 5.74) is 14.2. The normalized spacial score (nSPS) is 16.2. The SMILES string of the molecule is NC(N)=NCCC[C@@H]1N=C(c2ccccc2)c2ccccc2NC1=O. The monoisotopic (exact) mass is 335 g/mol. The molecule has 0 saturated carbocycles.